The largest absolute Gasteiger partial charge is 0.508 e. The van der Waals surface area contributed by atoms with Crippen molar-refractivity contribution in [1.29, 1.82) is 0 Å². The van der Waals surface area contributed by atoms with E-state index in [-0.39, 0.29) is 28.2 Å². The van der Waals surface area contributed by atoms with E-state index in [4.69, 9.17) is 0 Å². The third-order valence-corrected chi connectivity index (χ3v) is 10.3. The lowest BCUT2D eigenvalue weighted by Crippen LogP contribution is -2.31. The van der Waals surface area contributed by atoms with E-state index in [0.717, 1.165) is 33.9 Å². The van der Waals surface area contributed by atoms with Crippen molar-refractivity contribution in [3.63, 3.8) is 0 Å². The summed E-state index contributed by atoms with van der Waals surface area (Å²) < 4.78 is 37.1. The molecule has 0 saturated carbocycles. The fraction of sp³-hybridized carbons (Fsp3) is 0.250. The zero-order valence-electron chi connectivity index (χ0n) is 27.0. The molecule has 2 unspecified atom stereocenters. The van der Waals surface area contributed by atoms with E-state index >= 15 is 0 Å². The molecule has 0 amide bonds. The Kier molecular flexibility index (Phi) is 9.16. The Bertz CT molecular complexity index is 1920. The Morgan fingerprint density at radius 3 is 1.74 bits per heavy atom. The minimum Gasteiger partial charge on any atom is -0.508 e. The molecule has 5 rings (SSSR count). The number of aromatic hydroxyl groups is 2. The van der Waals surface area contributed by atoms with Crippen LogP contribution in [0.15, 0.2) is 126 Å². The maximum atomic E-state index is 13.2. The van der Waals surface area contributed by atoms with Gasteiger partial charge in [0, 0.05) is 22.8 Å². The lowest BCUT2D eigenvalue weighted by molar-refractivity contribution is 0.455. The lowest BCUT2D eigenvalue weighted by atomic mass is 9.66. The highest BCUT2D eigenvalue weighted by molar-refractivity contribution is 7.85. The number of benzene rings is 5. The van der Waals surface area contributed by atoms with Crippen LogP contribution in [0.4, 0.5) is 0 Å². The van der Waals surface area contributed by atoms with E-state index in [1.165, 1.54) is 0 Å². The molecule has 3 N–H and O–H groups in total. The van der Waals surface area contributed by atoms with Gasteiger partial charge < -0.3 is 10.2 Å². The molecular weight excluding hydrogens is 593 g/mol. The molecule has 2 atom stereocenters. The first kappa shape index (κ1) is 33.0. The van der Waals surface area contributed by atoms with E-state index in [9.17, 15) is 23.2 Å². The highest BCUT2D eigenvalue weighted by atomic mass is 32.2. The van der Waals surface area contributed by atoms with Crippen molar-refractivity contribution in [2.24, 2.45) is 0 Å². The van der Waals surface area contributed by atoms with Gasteiger partial charge in [-0.3, -0.25) is 4.55 Å². The molecule has 0 fully saturated rings. The van der Waals surface area contributed by atoms with Gasteiger partial charge in [-0.15, -0.1) is 0 Å². The van der Waals surface area contributed by atoms with Crippen LogP contribution >= 0.6 is 0 Å². The van der Waals surface area contributed by atoms with Crippen LogP contribution < -0.4 is 0 Å². The van der Waals surface area contributed by atoms with Crippen molar-refractivity contribution in [1.82, 2.24) is 0 Å². The van der Waals surface area contributed by atoms with Gasteiger partial charge in [-0.05, 0) is 69.5 Å². The van der Waals surface area contributed by atoms with Gasteiger partial charge in [-0.25, -0.2) is 0 Å². The van der Waals surface area contributed by atoms with Gasteiger partial charge in [0.2, 0.25) is 0 Å². The highest BCUT2D eigenvalue weighted by Gasteiger charge is 2.39. The summed E-state index contributed by atoms with van der Waals surface area (Å²) in [6.45, 7) is 10.2. The summed E-state index contributed by atoms with van der Waals surface area (Å²) in [4.78, 5) is -0.336. The van der Waals surface area contributed by atoms with Gasteiger partial charge in [-0.2, -0.15) is 8.42 Å². The molecule has 0 aliphatic carbocycles. The topological polar surface area (TPSA) is 94.8 Å². The molecule has 0 heterocycles. The molecule has 6 heteroatoms. The first-order valence-corrected chi connectivity index (χ1v) is 17.0. The number of rotatable bonds is 10. The maximum absolute atomic E-state index is 13.2. The highest BCUT2D eigenvalue weighted by Crippen LogP contribution is 2.49. The zero-order valence-corrected chi connectivity index (χ0v) is 27.8. The van der Waals surface area contributed by atoms with E-state index in [2.05, 4.69) is 32.9 Å². The van der Waals surface area contributed by atoms with Gasteiger partial charge in [0.15, 0.2) is 0 Å². The van der Waals surface area contributed by atoms with Crippen molar-refractivity contribution >= 4 is 10.1 Å². The molecule has 0 aromatic heterocycles. The van der Waals surface area contributed by atoms with Gasteiger partial charge in [-0.1, -0.05) is 132 Å². The first-order chi connectivity index (χ1) is 21.7. The summed E-state index contributed by atoms with van der Waals surface area (Å²) in [5.74, 6) is -0.398. The van der Waals surface area contributed by atoms with Crippen LogP contribution in [0.3, 0.4) is 0 Å². The van der Waals surface area contributed by atoms with Crippen molar-refractivity contribution in [3.8, 4) is 11.5 Å². The van der Waals surface area contributed by atoms with Crippen LogP contribution in [-0.4, -0.2) is 23.2 Å². The van der Waals surface area contributed by atoms with Crippen molar-refractivity contribution in [2.75, 3.05) is 0 Å². The Morgan fingerprint density at radius 1 is 0.630 bits per heavy atom. The Hall–Kier alpha value is -4.39. The van der Waals surface area contributed by atoms with Gasteiger partial charge >= 0.3 is 0 Å². The maximum Gasteiger partial charge on any atom is 0.294 e. The molecular formula is C40H42O5S. The molecule has 46 heavy (non-hydrogen) atoms. The van der Waals surface area contributed by atoms with Crippen molar-refractivity contribution in [3.05, 3.63) is 160 Å². The normalized spacial score (nSPS) is 13.7. The first-order valence-electron chi connectivity index (χ1n) is 15.6. The van der Waals surface area contributed by atoms with Crippen LogP contribution in [0.25, 0.3) is 0 Å². The molecule has 0 saturated heterocycles. The summed E-state index contributed by atoms with van der Waals surface area (Å²) >= 11 is 0. The Labute approximate surface area is 273 Å². The van der Waals surface area contributed by atoms with E-state index in [0.29, 0.717) is 17.5 Å². The fourth-order valence-electron chi connectivity index (χ4n) is 6.91. The number of hydrogen-bond donors (Lipinski definition) is 3. The summed E-state index contributed by atoms with van der Waals surface area (Å²) in [6.07, 6.45) is 0.615. The summed E-state index contributed by atoms with van der Waals surface area (Å²) in [5.41, 5.74) is 4.15. The second-order valence-corrected chi connectivity index (χ2v) is 14.6. The van der Waals surface area contributed by atoms with Gasteiger partial charge in [0.25, 0.3) is 10.1 Å². The van der Waals surface area contributed by atoms with E-state index in [1.807, 2.05) is 98.8 Å². The van der Waals surface area contributed by atoms with Crippen LogP contribution in [0, 0.1) is 0 Å². The average Bonchev–Trinajstić information content (AvgIpc) is 3.03. The smallest absolute Gasteiger partial charge is 0.294 e. The number of phenols is 2. The second kappa shape index (κ2) is 12.8. The monoisotopic (exact) mass is 634 g/mol. The second-order valence-electron chi connectivity index (χ2n) is 13.2. The molecule has 0 aliphatic heterocycles. The Morgan fingerprint density at radius 2 is 1.17 bits per heavy atom. The number of hydrogen-bond acceptors (Lipinski definition) is 4. The van der Waals surface area contributed by atoms with Crippen molar-refractivity contribution < 1.29 is 23.2 Å². The molecule has 238 valence electrons. The van der Waals surface area contributed by atoms with Gasteiger partial charge in [0.05, 0.1) is 0 Å². The average molecular weight is 635 g/mol. The van der Waals surface area contributed by atoms with Crippen LogP contribution in [0.1, 0.15) is 91.8 Å². The van der Waals surface area contributed by atoms with E-state index < -0.39 is 20.9 Å². The fourth-order valence-corrected chi connectivity index (χ4v) is 7.81. The summed E-state index contributed by atoms with van der Waals surface area (Å²) in [6, 6.07) is 37.9. The molecule has 0 bridgehead atoms. The third-order valence-electron chi connectivity index (χ3n) is 9.40. The quantitative estimate of drug-likeness (QED) is 0.133. The van der Waals surface area contributed by atoms with Crippen LogP contribution in [0.2, 0.25) is 0 Å². The van der Waals surface area contributed by atoms with Crippen LogP contribution in [0.5, 0.6) is 11.5 Å². The molecule has 0 spiro atoms. The predicted octanol–water partition coefficient (Wildman–Crippen LogP) is 9.32. The molecule has 5 nitrogen and oxygen atoms in total. The third kappa shape index (κ3) is 6.60. The van der Waals surface area contributed by atoms with Gasteiger partial charge in [0.1, 0.15) is 16.4 Å². The predicted molar refractivity (Wildman–Crippen MR) is 184 cm³/mol. The molecule has 5 aromatic carbocycles. The zero-order chi connectivity index (χ0) is 33.3. The summed E-state index contributed by atoms with van der Waals surface area (Å²) in [7, 11) is -4.78. The molecule has 5 aromatic rings. The minimum atomic E-state index is -4.78. The molecule has 0 radical (unpaired) electrons. The number of phenolic OH excluding ortho intramolecular Hbond substituents is 2. The van der Waals surface area contributed by atoms with Crippen molar-refractivity contribution in [2.45, 2.75) is 68.6 Å². The SMILES string of the molecule is CC(CC(c1ccccc1)c1cc(O)cc(S(=O)(=O)O)c1C(C)(C)c1ccc(O)cc1C(C)(C)c1ccccc1)c1ccccc1. The minimum absolute atomic E-state index is 0.0835. The van der Waals surface area contributed by atoms with Crippen LogP contribution in [-0.2, 0) is 20.9 Å². The lowest BCUT2D eigenvalue weighted by Gasteiger charge is -2.38. The summed E-state index contributed by atoms with van der Waals surface area (Å²) in [5, 5.41) is 21.8. The van der Waals surface area contributed by atoms with E-state index in [1.54, 1.807) is 18.2 Å². The Balaban J connectivity index is 1.81. The molecule has 0 aliphatic rings. The standard InChI is InChI=1S/C40H42O5S/c1-27(28-15-9-6-10-16-28)23-33(29-17-11-7-12-18-29)34-24-32(42)26-37(46(43,44)45)38(34)40(4,5)35-22-21-31(41)25-36(35)39(2,3)30-19-13-8-14-20-30/h6-22,24-27,33,41-42H,23H2,1-5H3,(H,43,44,45).